The molecule has 0 aromatic carbocycles. The Kier molecular flexibility index (Phi) is 4.84. The monoisotopic (exact) mass is 287 g/mol. The molecule has 0 aliphatic rings. The molecule has 0 fully saturated rings. The smallest absolute Gasteiger partial charge is 0.247 e. The third-order valence-corrected chi connectivity index (χ3v) is 4.47. The van der Waals surface area contributed by atoms with E-state index in [-0.39, 0.29) is 29.5 Å². The zero-order valence-corrected chi connectivity index (χ0v) is 11.9. The first-order chi connectivity index (χ1) is 8.78. The molecule has 1 amide bonds. The fourth-order valence-corrected chi connectivity index (χ4v) is 2.73. The minimum atomic E-state index is -3.78. The summed E-state index contributed by atoms with van der Waals surface area (Å²) in [6.45, 7) is 1.58. The molecule has 1 aromatic rings. The molecule has 1 heterocycles. The third-order valence-electron chi connectivity index (χ3n) is 2.56. The van der Waals surface area contributed by atoms with Gasteiger partial charge in [-0.05, 0) is 6.07 Å². The van der Waals surface area contributed by atoms with E-state index in [9.17, 15) is 18.0 Å². The van der Waals surface area contributed by atoms with Gasteiger partial charge < -0.3 is 9.88 Å². The Hall–Kier alpha value is -1.67. The molecular formula is C11H17N3O4S. The predicted molar refractivity (Wildman–Crippen MR) is 70.2 cm³/mol. The molecule has 1 aromatic heterocycles. The van der Waals surface area contributed by atoms with Gasteiger partial charge in [0.1, 0.15) is 0 Å². The zero-order valence-electron chi connectivity index (χ0n) is 11.1. The summed E-state index contributed by atoms with van der Waals surface area (Å²) in [6, 6.07) is 2.35. The van der Waals surface area contributed by atoms with Crippen molar-refractivity contribution in [3.8, 4) is 0 Å². The Morgan fingerprint density at radius 1 is 1.32 bits per heavy atom. The van der Waals surface area contributed by atoms with Crippen molar-refractivity contribution in [2.45, 2.75) is 11.8 Å². The number of aromatic nitrogens is 1. The summed E-state index contributed by atoms with van der Waals surface area (Å²) in [4.78, 5) is 26.1. The first-order valence-corrected chi connectivity index (χ1v) is 7.12. The van der Waals surface area contributed by atoms with Gasteiger partial charge in [-0.1, -0.05) is 6.92 Å². The van der Waals surface area contributed by atoms with Crippen LogP contribution in [-0.4, -0.2) is 55.7 Å². The van der Waals surface area contributed by atoms with Gasteiger partial charge in [0.25, 0.3) is 0 Å². The normalized spacial score (nSPS) is 11.6. The molecule has 8 heteroatoms. The topological polar surface area (TPSA) is 90.6 Å². The van der Waals surface area contributed by atoms with Crippen molar-refractivity contribution in [1.82, 2.24) is 14.2 Å². The fraction of sp³-hybridized carbons (Fsp3) is 0.455. The maximum absolute atomic E-state index is 12.3. The highest BCUT2D eigenvalue weighted by atomic mass is 32.2. The third kappa shape index (κ3) is 3.65. The Morgan fingerprint density at radius 3 is 2.37 bits per heavy atom. The highest BCUT2D eigenvalue weighted by Crippen LogP contribution is 2.13. The molecule has 7 nitrogen and oxygen atoms in total. The van der Waals surface area contributed by atoms with E-state index in [1.54, 1.807) is 21.0 Å². The largest absolute Gasteiger partial charge is 0.348 e. The fourth-order valence-electron chi connectivity index (χ4n) is 1.36. The molecule has 0 bridgehead atoms. The lowest BCUT2D eigenvalue weighted by atomic mass is 10.5. The van der Waals surface area contributed by atoms with E-state index in [1.165, 1.54) is 11.0 Å². The number of nitrogens with one attached hydrogen (secondary N) is 1. The van der Waals surface area contributed by atoms with Crippen molar-refractivity contribution in [2.24, 2.45) is 0 Å². The molecule has 0 radical (unpaired) electrons. The standard InChI is InChI=1S/C11H17N3O4S/c1-4-14(8-11(16)13(2)3)19(17,18)9-5-6-10(15)12-7-9/h5-7H,4,8H2,1-3H3,(H,12,15). The molecule has 0 aliphatic carbocycles. The van der Waals surface area contributed by atoms with Gasteiger partial charge in [-0.25, -0.2) is 8.42 Å². The number of likely N-dealkylation sites (N-methyl/N-ethyl adjacent to an activating group) is 2. The Morgan fingerprint density at radius 2 is 1.95 bits per heavy atom. The van der Waals surface area contributed by atoms with Crippen molar-refractivity contribution in [3.63, 3.8) is 0 Å². The molecule has 0 saturated carbocycles. The maximum atomic E-state index is 12.3. The molecule has 0 aliphatic heterocycles. The lowest BCUT2D eigenvalue weighted by Crippen LogP contribution is -2.40. The van der Waals surface area contributed by atoms with Crippen molar-refractivity contribution >= 4 is 15.9 Å². The summed E-state index contributed by atoms with van der Waals surface area (Å²) in [7, 11) is -0.664. The second kappa shape index (κ2) is 5.98. The molecule has 19 heavy (non-hydrogen) atoms. The van der Waals surface area contributed by atoms with Crippen LogP contribution in [0.4, 0.5) is 0 Å². The van der Waals surface area contributed by atoms with Gasteiger partial charge in [0.15, 0.2) is 0 Å². The number of amides is 1. The van der Waals surface area contributed by atoms with Crippen molar-refractivity contribution in [3.05, 3.63) is 28.7 Å². The van der Waals surface area contributed by atoms with E-state index in [1.807, 2.05) is 0 Å². The summed E-state index contributed by atoms with van der Waals surface area (Å²) in [6.07, 6.45) is 1.13. The predicted octanol–water partition coefficient (Wildman–Crippen LogP) is -0.526. The molecule has 0 spiro atoms. The number of sulfonamides is 1. The number of pyridine rings is 1. The number of rotatable bonds is 5. The quantitative estimate of drug-likeness (QED) is 0.788. The summed E-state index contributed by atoms with van der Waals surface area (Å²) in [5, 5.41) is 0. The van der Waals surface area contributed by atoms with Crippen LogP contribution in [0, 0.1) is 0 Å². The molecule has 106 valence electrons. The molecule has 0 unspecified atom stereocenters. The number of aromatic amines is 1. The van der Waals surface area contributed by atoms with E-state index < -0.39 is 10.0 Å². The molecular weight excluding hydrogens is 270 g/mol. The van der Waals surface area contributed by atoms with E-state index in [4.69, 9.17) is 0 Å². The Labute approximate surface area is 111 Å². The van der Waals surface area contributed by atoms with Gasteiger partial charge in [0.2, 0.25) is 21.5 Å². The molecule has 1 N–H and O–H groups in total. The summed E-state index contributed by atoms with van der Waals surface area (Å²) in [5.74, 6) is -0.310. The Bertz CT molecular complexity index is 586. The van der Waals surface area contributed by atoms with Crippen LogP contribution in [0.3, 0.4) is 0 Å². The van der Waals surface area contributed by atoms with E-state index in [0.717, 1.165) is 16.6 Å². The van der Waals surface area contributed by atoms with Gasteiger partial charge in [0, 0.05) is 32.9 Å². The summed E-state index contributed by atoms with van der Waals surface area (Å²) < 4.78 is 25.6. The maximum Gasteiger partial charge on any atom is 0.247 e. The molecule has 0 saturated heterocycles. The number of hydrogen-bond acceptors (Lipinski definition) is 4. The van der Waals surface area contributed by atoms with Crippen LogP contribution in [0.5, 0.6) is 0 Å². The number of H-pyrrole nitrogens is 1. The average Bonchev–Trinajstić information content (AvgIpc) is 2.35. The van der Waals surface area contributed by atoms with Gasteiger partial charge in [0.05, 0.1) is 11.4 Å². The van der Waals surface area contributed by atoms with Crippen LogP contribution >= 0.6 is 0 Å². The van der Waals surface area contributed by atoms with Gasteiger partial charge >= 0.3 is 0 Å². The minimum absolute atomic E-state index is 0.0412. The van der Waals surface area contributed by atoms with E-state index >= 15 is 0 Å². The summed E-state index contributed by atoms with van der Waals surface area (Å²) in [5.41, 5.74) is -0.383. The number of hydrogen-bond donors (Lipinski definition) is 1. The van der Waals surface area contributed by atoms with E-state index in [0.29, 0.717) is 0 Å². The number of carbonyl (C=O) groups is 1. The zero-order chi connectivity index (χ0) is 14.6. The van der Waals surface area contributed by atoms with Crippen LogP contribution in [0.25, 0.3) is 0 Å². The second-order valence-corrected chi connectivity index (χ2v) is 6.05. The number of carbonyl (C=O) groups excluding carboxylic acids is 1. The van der Waals surface area contributed by atoms with Crippen LogP contribution in [0.15, 0.2) is 28.0 Å². The average molecular weight is 287 g/mol. The first-order valence-electron chi connectivity index (χ1n) is 5.68. The van der Waals surface area contributed by atoms with Crippen LogP contribution in [0.1, 0.15) is 6.92 Å². The Balaban J connectivity index is 3.05. The number of nitrogens with zero attached hydrogens (tertiary/aromatic N) is 2. The lowest BCUT2D eigenvalue weighted by molar-refractivity contribution is -0.128. The lowest BCUT2D eigenvalue weighted by Gasteiger charge is -2.21. The highest BCUT2D eigenvalue weighted by molar-refractivity contribution is 7.89. The van der Waals surface area contributed by atoms with Crippen molar-refractivity contribution in [2.75, 3.05) is 27.2 Å². The van der Waals surface area contributed by atoms with E-state index in [2.05, 4.69) is 4.98 Å². The van der Waals surface area contributed by atoms with Crippen LogP contribution < -0.4 is 5.56 Å². The van der Waals surface area contributed by atoms with Gasteiger partial charge in [-0.15, -0.1) is 0 Å². The molecule has 1 rings (SSSR count). The first kappa shape index (κ1) is 15.4. The SMILES string of the molecule is CCN(CC(=O)N(C)C)S(=O)(=O)c1ccc(=O)[nH]c1. The van der Waals surface area contributed by atoms with Crippen LogP contribution in [-0.2, 0) is 14.8 Å². The van der Waals surface area contributed by atoms with Gasteiger partial charge in [-0.3, -0.25) is 9.59 Å². The van der Waals surface area contributed by atoms with Crippen molar-refractivity contribution in [1.29, 1.82) is 0 Å². The minimum Gasteiger partial charge on any atom is -0.348 e. The highest BCUT2D eigenvalue weighted by Gasteiger charge is 2.25. The van der Waals surface area contributed by atoms with Crippen molar-refractivity contribution < 1.29 is 13.2 Å². The summed E-state index contributed by atoms with van der Waals surface area (Å²) >= 11 is 0. The van der Waals surface area contributed by atoms with Crippen LogP contribution in [0.2, 0.25) is 0 Å². The second-order valence-electron chi connectivity index (χ2n) is 4.11. The molecule has 0 atom stereocenters. The van der Waals surface area contributed by atoms with Gasteiger partial charge in [-0.2, -0.15) is 4.31 Å².